The van der Waals surface area contributed by atoms with E-state index in [2.05, 4.69) is 14.4 Å². The van der Waals surface area contributed by atoms with Gasteiger partial charge in [0.1, 0.15) is 12.0 Å². The van der Waals surface area contributed by atoms with Crippen LogP contribution in [0.2, 0.25) is 0 Å². The number of sulfonamides is 1. The molecule has 9 heteroatoms. The molecule has 0 bridgehead atoms. The molecule has 2 N–H and O–H groups in total. The predicted molar refractivity (Wildman–Crippen MR) is 66.9 cm³/mol. The Kier molecular flexibility index (Phi) is 3.89. The van der Waals surface area contributed by atoms with E-state index in [-0.39, 0.29) is 16.5 Å². The molecule has 20 heavy (non-hydrogen) atoms. The summed E-state index contributed by atoms with van der Waals surface area (Å²) in [5, 5.41) is 11.9. The third-order valence-corrected chi connectivity index (χ3v) is 3.54. The van der Waals surface area contributed by atoms with Crippen LogP contribution < -0.4 is 9.46 Å². The molecule has 0 saturated carbocycles. The van der Waals surface area contributed by atoms with Crippen LogP contribution in [0.1, 0.15) is 0 Å². The lowest BCUT2D eigenvalue weighted by Crippen LogP contribution is -2.13. The van der Waals surface area contributed by atoms with Gasteiger partial charge in [0, 0.05) is 6.07 Å². The van der Waals surface area contributed by atoms with Crippen molar-refractivity contribution in [2.24, 2.45) is 0 Å². The van der Waals surface area contributed by atoms with Crippen LogP contribution in [0, 0.1) is 0 Å². The fourth-order valence-corrected chi connectivity index (χ4v) is 2.31. The molecule has 0 radical (unpaired) electrons. The molecule has 1 aromatic carbocycles. The zero-order valence-corrected chi connectivity index (χ0v) is 10.8. The first-order valence-electron chi connectivity index (χ1n) is 5.35. The number of aliphatic carboxylic acids is 1. The van der Waals surface area contributed by atoms with Crippen LogP contribution >= 0.6 is 0 Å². The van der Waals surface area contributed by atoms with E-state index in [9.17, 15) is 13.2 Å². The third kappa shape index (κ3) is 3.48. The van der Waals surface area contributed by atoms with E-state index in [0.29, 0.717) is 0 Å². The minimum absolute atomic E-state index is 0.0109. The Bertz CT molecular complexity index is 678. The van der Waals surface area contributed by atoms with Crippen LogP contribution in [0.15, 0.2) is 46.0 Å². The number of rotatable bonds is 6. The quantitative estimate of drug-likeness (QED) is 0.814. The van der Waals surface area contributed by atoms with Crippen LogP contribution in [0.25, 0.3) is 0 Å². The Morgan fingerprint density at radius 2 is 2.00 bits per heavy atom. The van der Waals surface area contributed by atoms with E-state index in [4.69, 9.17) is 9.84 Å². The molecular formula is C11H10N2O6S. The number of hydrogen-bond acceptors (Lipinski definition) is 6. The summed E-state index contributed by atoms with van der Waals surface area (Å²) < 4.78 is 35.5. The number of hydrogen-bond donors (Lipinski definition) is 2. The van der Waals surface area contributed by atoms with Crippen molar-refractivity contribution in [2.45, 2.75) is 4.90 Å². The highest BCUT2D eigenvalue weighted by Crippen LogP contribution is 2.18. The van der Waals surface area contributed by atoms with Gasteiger partial charge in [-0.1, -0.05) is 5.16 Å². The second kappa shape index (κ2) is 5.61. The molecular weight excluding hydrogens is 288 g/mol. The van der Waals surface area contributed by atoms with Crippen molar-refractivity contribution in [3.05, 3.63) is 36.6 Å². The van der Waals surface area contributed by atoms with Crippen molar-refractivity contribution < 1.29 is 27.6 Å². The van der Waals surface area contributed by atoms with E-state index in [0.717, 1.165) is 0 Å². The Morgan fingerprint density at radius 1 is 1.30 bits per heavy atom. The fraction of sp³-hybridized carbons (Fsp3) is 0.0909. The summed E-state index contributed by atoms with van der Waals surface area (Å²) in [6.07, 6.45) is 1.24. The molecule has 8 nitrogen and oxygen atoms in total. The number of nitrogens with zero attached hydrogens (tertiary/aromatic N) is 1. The minimum atomic E-state index is -3.78. The molecule has 1 heterocycles. The topological polar surface area (TPSA) is 119 Å². The Balaban J connectivity index is 2.10. The highest BCUT2D eigenvalue weighted by Gasteiger charge is 2.15. The van der Waals surface area contributed by atoms with Crippen molar-refractivity contribution >= 4 is 21.8 Å². The lowest BCUT2D eigenvalue weighted by molar-refractivity contribution is -0.139. The highest BCUT2D eigenvalue weighted by molar-refractivity contribution is 7.92. The molecule has 0 fully saturated rings. The van der Waals surface area contributed by atoms with Crippen molar-refractivity contribution in [3.63, 3.8) is 0 Å². The minimum Gasteiger partial charge on any atom is -0.482 e. The molecule has 1 aromatic heterocycles. The second-order valence-corrected chi connectivity index (χ2v) is 5.33. The maximum Gasteiger partial charge on any atom is 0.341 e. The van der Waals surface area contributed by atoms with Crippen LogP contribution in [-0.4, -0.2) is 31.3 Å². The van der Waals surface area contributed by atoms with Gasteiger partial charge < -0.3 is 14.4 Å². The lowest BCUT2D eigenvalue weighted by Gasteiger charge is -2.06. The third-order valence-electron chi connectivity index (χ3n) is 2.17. The molecule has 0 aliphatic carbocycles. The summed E-state index contributed by atoms with van der Waals surface area (Å²) in [5.41, 5.74) is 0. The Labute approximate surface area is 114 Å². The van der Waals surface area contributed by atoms with Gasteiger partial charge in [-0.25, -0.2) is 13.2 Å². The van der Waals surface area contributed by atoms with Crippen LogP contribution in [0.5, 0.6) is 5.75 Å². The zero-order valence-electron chi connectivity index (χ0n) is 10.0. The normalized spacial score (nSPS) is 11.0. The molecule has 106 valence electrons. The van der Waals surface area contributed by atoms with Gasteiger partial charge in [-0.3, -0.25) is 4.72 Å². The van der Waals surface area contributed by atoms with Crippen LogP contribution in [-0.2, 0) is 14.8 Å². The summed E-state index contributed by atoms with van der Waals surface area (Å²) in [4.78, 5) is 10.3. The lowest BCUT2D eigenvalue weighted by atomic mass is 10.3. The number of carboxylic acid groups (broad SMARTS) is 1. The average Bonchev–Trinajstić information content (AvgIpc) is 2.89. The van der Waals surface area contributed by atoms with Gasteiger partial charge in [0.15, 0.2) is 12.4 Å². The van der Waals surface area contributed by atoms with Crippen molar-refractivity contribution in [3.8, 4) is 5.75 Å². The summed E-state index contributed by atoms with van der Waals surface area (Å²) in [6.45, 7) is -0.497. The standard InChI is InChI=1S/C11H10N2O6S/c14-11(15)7-18-8-1-3-9(4-2-8)20(16,17)13-10-5-6-19-12-10/h1-6H,7H2,(H,12,13)(H,14,15). The number of nitrogens with one attached hydrogen (secondary N) is 1. The highest BCUT2D eigenvalue weighted by atomic mass is 32.2. The van der Waals surface area contributed by atoms with Gasteiger partial charge in [0.2, 0.25) is 0 Å². The predicted octanol–water partition coefficient (Wildman–Crippen LogP) is 0.939. The molecule has 2 rings (SSSR count). The molecule has 0 aliphatic rings. The zero-order chi connectivity index (χ0) is 14.6. The van der Waals surface area contributed by atoms with Gasteiger partial charge in [-0.15, -0.1) is 0 Å². The first-order valence-corrected chi connectivity index (χ1v) is 6.83. The summed E-state index contributed by atoms with van der Waals surface area (Å²) in [6, 6.07) is 6.67. The number of ether oxygens (including phenoxy) is 1. The van der Waals surface area contributed by atoms with E-state index < -0.39 is 22.6 Å². The molecule has 0 spiro atoms. The van der Waals surface area contributed by atoms with Crippen LogP contribution in [0.4, 0.5) is 5.82 Å². The molecule has 0 aliphatic heterocycles. The van der Waals surface area contributed by atoms with Crippen molar-refractivity contribution in [1.29, 1.82) is 0 Å². The number of carbonyl (C=O) groups is 1. The Morgan fingerprint density at radius 3 is 2.55 bits per heavy atom. The van der Waals surface area contributed by atoms with Gasteiger partial charge in [0.05, 0.1) is 4.90 Å². The smallest absolute Gasteiger partial charge is 0.341 e. The molecule has 2 aromatic rings. The maximum absolute atomic E-state index is 11.9. The van der Waals surface area contributed by atoms with E-state index in [1.54, 1.807) is 0 Å². The SMILES string of the molecule is O=C(O)COc1ccc(S(=O)(=O)Nc2ccon2)cc1. The van der Waals surface area contributed by atoms with Gasteiger partial charge in [-0.05, 0) is 24.3 Å². The summed E-state index contributed by atoms with van der Waals surface area (Å²) in [7, 11) is -3.78. The molecule has 0 unspecified atom stereocenters. The van der Waals surface area contributed by atoms with E-state index in [1.165, 1.54) is 36.6 Å². The van der Waals surface area contributed by atoms with Gasteiger partial charge in [-0.2, -0.15) is 0 Å². The van der Waals surface area contributed by atoms with E-state index in [1.807, 2.05) is 0 Å². The number of aromatic nitrogens is 1. The number of anilines is 1. The molecule has 0 saturated heterocycles. The average molecular weight is 298 g/mol. The Hall–Kier alpha value is -2.55. The largest absolute Gasteiger partial charge is 0.482 e. The van der Waals surface area contributed by atoms with Crippen molar-refractivity contribution in [1.82, 2.24) is 5.16 Å². The molecule has 0 atom stereocenters. The van der Waals surface area contributed by atoms with Crippen LogP contribution in [0.3, 0.4) is 0 Å². The fourth-order valence-electron chi connectivity index (χ4n) is 1.32. The summed E-state index contributed by atoms with van der Waals surface area (Å²) >= 11 is 0. The van der Waals surface area contributed by atoms with Gasteiger partial charge >= 0.3 is 5.97 Å². The first-order chi connectivity index (χ1) is 9.47. The second-order valence-electron chi connectivity index (χ2n) is 3.64. The maximum atomic E-state index is 11.9. The first kappa shape index (κ1) is 13.9. The number of carboxylic acids is 1. The van der Waals surface area contributed by atoms with E-state index >= 15 is 0 Å². The van der Waals surface area contributed by atoms with Crippen molar-refractivity contribution in [2.75, 3.05) is 11.3 Å². The molecule has 0 amide bonds. The van der Waals surface area contributed by atoms with Gasteiger partial charge in [0.25, 0.3) is 10.0 Å². The number of benzene rings is 1. The monoisotopic (exact) mass is 298 g/mol. The summed E-state index contributed by atoms with van der Waals surface area (Å²) in [5.74, 6) is -0.793.